The summed E-state index contributed by atoms with van der Waals surface area (Å²) in [5.74, 6) is -0.0951. The highest BCUT2D eigenvalue weighted by Crippen LogP contribution is 2.32. The summed E-state index contributed by atoms with van der Waals surface area (Å²) in [6.45, 7) is 3.80. The molecule has 0 radical (unpaired) electrons. The minimum absolute atomic E-state index is 0.152. The molecule has 31 heavy (non-hydrogen) atoms. The molecule has 3 aromatic rings. The molecule has 0 aliphatic rings. The van der Waals surface area contributed by atoms with Crippen molar-refractivity contribution in [3.8, 4) is 0 Å². The lowest BCUT2D eigenvalue weighted by molar-refractivity contribution is -0.384. The van der Waals surface area contributed by atoms with Gasteiger partial charge in [-0.3, -0.25) is 14.8 Å². The summed E-state index contributed by atoms with van der Waals surface area (Å²) in [6, 6.07) is 7.66. The van der Waals surface area contributed by atoms with Gasteiger partial charge in [-0.2, -0.15) is 0 Å². The fraction of sp³-hybridized carbons (Fsp3) is 0.250. The highest BCUT2D eigenvalue weighted by Gasteiger charge is 2.24. The van der Waals surface area contributed by atoms with E-state index in [1.165, 1.54) is 12.1 Å². The lowest BCUT2D eigenvalue weighted by Gasteiger charge is -2.09. The number of benzene rings is 2. The number of halogens is 1. The summed E-state index contributed by atoms with van der Waals surface area (Å²) < 4.78 is 38.8. The molecule has 1 heterocycles. The van der Waals surface area contributed by atoms with Gasteiger partial charge in [-0.15, -0.1) is 0 Å². The van der Waals surface area contributed by atoms with Gasteiger partial charge in [0.25, 0.3) is 15.7 Å². The third-order valence-electron chi connectivity index (χ3n) is 4.39. The van der Waals surface area contributed by atoms with Crippen molar-refractivity contribution in [3.05, 3.63) is 62.9 Å². The summed E-state index contributed by atoms with van der Waals surface area (Å²) in [5.41, 5.74) is 0.293. The van der Waals surface area contributed by atoms with Crippen LogP contribution in [0.1, 0.15) is 36.4 Å². The van der Waals surface area contributed by atoms with Crippen LogP contribution in [0, 0.1) is 10.1 Å². The number of nitro groups is 1. The molecule has 0 aliphatic carbocycles. The number of furan rings is 1. The van der Waals surface area contributed by atoms with Gasteiger partial charge in [0.2, 0.25) is 0 Å². The summed E-state index contributed by atoms with van der Waals surface area (Å²) in [6.07, 6.45) is 1.25. The van der Waals surface area contributed by atoms with Gasteiger partial charge >= 0.3 is 5.97 Å². The van der Waals surface area contributed by atoms with Gasteiger partial charge in [0.05, 0.1) is 16.4 Å². The zero-order valence-corrected chi connectivity index (χ0v) is 18.2. The van der Waals surface area contributed by atoms with Crippen molar-refractivity contribution in [3.63, 3.8) is 0 Å². The van der Waals surface area contributed by atoms with E-state index >= 15 is 0 Å². The number of sulfonamides is 1. The van der Waals surface area contributed by atoms with Gasteiger partial charge in [0.15, 0.2) is 0 Å². The Bertz CT molecular complexity index is 1270. The maximum Gasteiger partial charge on any atom is 0.342 e. The van der Waals surface area contributed by atoms with E-state index in [1.54, 1.807) is 13.0 Å². The van der Waals surface area contributed by atoms with Gasteiger partial charge in [0, 0.05) is 23.6 Å². The van der Waals surface area contributed by atoms with Gasteiger partial charge in [-0.05, 0) is 43.7 Å². The van der Waals surface area contributed by atoms with Crippen molar-refractivity contribution in [1.82, 2.24) is 0 Å². The second kappa shape index (κ2) is 8.94. The van der Waals surface area contributed by atoms with Gasteiger partial charge in [-0.25, -0.2) is 13.2 Å². The smallest absolute Gasteiger partial charge is 0.342 e. The van der Waals surface area contributed by atoms with Crippen LogP contribution in [-0.2, 0) is 21.2 Å². The maximum atomic E-state index is 12.8. The zero-order valence-electron chi connectivity index (χ0n) is 16.7. The van der Waals surface area contributed by atoms with E-state index in [2.05, 4.69) is 4.72 Å². The number of esters is 1. The zero-order chi connectivity index (χ0) is 22.8. The van der Waals surface area contributed by atoms with Crippen molar-refractivity contribution < 1.29 is 27.3 Å². The monoisotopic (exact) mass is 466 g/mol. The van der Waals surface area contributed by atoms with Gasteiger partial charge < -0.3 is 9.15 Å². The normalized spacial score (nSPS) is 11.5. The van der Waals surface area contributed by atoms with Crippen molar-refractivity contribution in [2.75, 3.05) is 11.3 Å². The molecule has 1 aromatic heterocycles. The number of hydrogen-bond acceptors (Lipinski definition) is 7. The van der Waals surface area contributed by atoms with Crippen LogP contribution in [0.25, 0.3) is 11.0 Å². The molecule has 0 fully saturated rings. The van der Waals surface area contributed by atoms with E-state index < -0.39 is 26.6 Å². The van der Waals surface area contributed by atoms with Crippen molar-refractivity contribution in [2.45, 2.75) is 31.6 Å². The number of rotatable bonds is 8. The molecule has 2 aromatic carbocycles. The van der Waals surface area contributed by atoms with E-state index in [-0.39, 0.29) is 27.8 Å². The summed E-state index contributed by atoms with van der Waals surface area (Å²) in [4.78, 5) is 22.4. The average molecular weight is 467 g/mol. The van der Waals surface area contributed by atoms with E-state index in [0.29, 0.717) is 23.2 Å². The van der Waals surface area contributed by atoms with E-state index in [4.69, 9.17) is 20.8 Å². The Morgan fingerprint density at radius 1 is 1.23 bits per heavy atom. The highest BCUT2D eigenvalue weighted by atomic mass is 35.5. The standard InChI is InChI=1S/C20H19ClN2O7S/c1-3-5-18-19(20(24)29-4-2)14-10-12(6-9-17(14)30-18)22-31(27,28)13-7-8-15(21)16(11-13)23(25)26/h6-11,22H,3-5H2,1-2H3. The van der Waals surface area contributed by atoms with Crippen LogP contribution >= 0.6 is 11.6 Å². The average Bonchev–Trinajstić information content (AvgIpc) is 3.05. The minimum atomic E-state index is -4.16. The Morgan fingerprint density at radius 2 is 1.97 bits per heavy atom. The van der Waals surface area contributed by atoms with Crippen LogP contribution < -0.4 is 4.72 Å². The minimum Gasteiger partial charge on any atom is -0.462 e. The first-order valence-corrected chi connectivity index (χ1v) is 11.2. The van der Waals surface area contributed by atoms with Crippen molar-refractivity contribution in [2.24, 2.45) is 0 Å². The molecule has 0 atom stereocenters. The quantitative estimate of drug-likeness (QED) is 0.283. The number of aryl methyl sites for hydroxylation is 1. The number of hydrogen-bond donors (Lipinski definition) is 1. The molecule has 0 bridgehead atoms. The Kier molecular flexibility index (Phi) is 6.51. The first kappa shape index (κ1) is 22.6. The Labute approximate surface area is 183 Å². The van der Waals surface area contributed by atoms with E-state index in [9.17, 15) is 23.3 Å². The molecule has 1 N–H and O–H groups in total. The first-order chi connectivity index (χ1) is 14.7. The largest absolute Gasteiger partial charge is 0.462 e. The van der Waals surface area contributed by atoms with Crippen LogP contribution in [0.5, 0.6) is 0 Å². The summed E-state index contributed by atoms with van der Waals surface area (Å²) in [5, 5.41) is 11.3. The molecule has 164 valence electrons. The molecule has 0 saturated carbocycles. The molecule has 0 unspecified atom stereocenters. The lowest BCUT2D eigenvalue weighted by atomic mass is 10.1. The fourth-order valence-electron chi connectivity index (χ4n) is 3.06. The van der Waals surface area contributed by atoms with E-state index in [0.717, 1.165) is 24.6 Å². The molecule has 0 saturated heterocycles. The third kappa shape index (κ3) is 4.64. The fourth-order valence-corrected chi connectivity index (χ4v) is 4.31. The maximum absolute atomic E-state index is 12.8. The second-order valence-corrected chi connectivity index (χ2v) is 8.65. The van der Waals surface area contributed by atoms with Crippen LogP contribution in [0.4, 0.5) is 11.4 Å². The molecule has 0 spiro atoms. The molecule has 3 rings (SSSR count). The summed E-state index contributed by atoms with van der Waals surface area (Å²) >= 11 is 5.76. The van der Waals surface area contributed by atoms with Crippen molar-refractivity contribution >= 4 is 49.9 Å². The topological polar surface area (TPSA) is 129 Å². The highest BCUT2D eigenvalue weighted by molar-refractivity contribution is 7.92. The van der Waals surface area contributed by atoms with E-state index in [1.807, 2.05) is 6.92 Å². The number of nitrogens with one attached hydrogen (secondary N) is 1. The molecular formula is C20H19ClN2O7S. The predicted molar refractivity (Wildman–Crippen MR) is 115 cm³/mol. The van der Waals surface area contributed by atoms with Gasteiger partial charge in [0.1, 0.15) is 21.9 Å². The number of ether oxygens (including phenoxy) is 1. The van der Waals surface area contributed by atoms with Crippen LogP contribution in [0.2, 0.25) is 5.02 Å². The number of nitrogens with zero attached hydrogens (tertiary/aromatic N) is 1. The van der Waals surface area contributed by atoms with Crippen LogP contribution in [-0.4, -0.2) is 25.9 Å². The predicted octanol–water partition coefficient (Wildman–Crippen LogP) is 4.92. The summed E-state index contributed by atoms with van der Waals surface area (Å²) in [7, 11) is -4.16. The van der Waals surface area contributed by atoms with Crippen LogP contribution in [0.3, 0.4) is 0 Å². The Hall–Kier alpha value is -3.11. The third-order valence-corrected chi connectivity index (χ3v) is 6.09. The Morgan fingerprint density at radius 3 is 2.61 bits per heavy atom. The lowest BCUT2D eigenvalue weighted by Crippen LogP contribution is -2.13. The first-order valence-electron chi connectivity index (χ1n) is 9.37. The van der Waals surface area contributed by atoms with Gasteiger partial charge in [-0.1, -0.05) is 18.5 Å². The van der Waals surface area contributed by atoms with Crippen molar-refractivity contribution in [1.29, 1.82) is 0 Å². The molecular weight excluding hydrogens is 448 g/mol. The van der Waals surface area contributed by atoms with Crippen LogP contribution in [0.15, 0.2) is 45.7 Å². The molecule has 11 heteroatoms. The number of fused-ring (bicyclic) bond motifs is 1. The SMILES string of the molecule is CCCc1oc2ccc(NS(=O)(=O)c3ccc(Cl)c([N+](=O)[O-])c3)cc2c1C(=O)OCC. The number of carbonyl (C=O) groups is 1. The molecule has 0 aliphatic heterocycles. The number of nitro benzene ring substituents is 1. The second-order valence-electron chi connectivity index (χ2n) is 6.56. The molecule has 9 nitrogen and oxygen atoms in total. The molecule has 0 amide bonds. The Balaban J connectivity index is 2.03. The number of anilines is 1. The number of carbonyl (C=O) groups excluding carboxylic acids is 1.